The minimum atomic E-state index is -3.49. The predicted molar refractivity (Wildman–Crippen MR) is 67.6 cm³/mol. The monoisotopic (exact) mass is 292 g/mol. The Hall–Kier alpha value is -0.700. The lowest BCUT2D eigenvalue weighted by molar-refractivity contribution is -0.145. The third-order valence-corrected chi connectivity index (χ3v) is 5.67. The van der Waals surface area contributed by atoms with Crippen LogP contribution in [0.3, 0.4) is 0 Å². The average Bonchev–Trinajstić information content (AvgIpc) is 2.81. The molecular formula is C11H20N2O5S. The van der Waals surface area contributed by atoms with Crippen LogP contribution in [-0.2, 0) is 24.5 Å². The quantitative estimate of drug-likeness (QED) is 0.643. The summed E-state index contributed by atoms with van der Waals surface area (Å²) in [6.45, 7) is 4.02. The fourth-order valence-corrected chi connectivity index (χ4v) is 4.22. The van der Waals surface area contributed by atoms with Gasteiger partial charge in [-0.2, -0.15) is 17.0 Å². The number of methoxy groups -OCH3 is 1. The van der Waals surface area contributed by atoms with Gasteiger partial charge in [-0.25, -0.2) is 0 Å². The molecule has 2 aliphatic heterocycles. The minimum Gasteiger partial charge on any atom is -0.469 e. The largest absolute Gasteiger partial charge is 0.469 e. The molecule has 0 amide bonds. The molecule has 8 heteroatoms. The van der Waals surface area contributed by atoms with E-state index in [2.05, 4.69) is 0 Å². The summed E-state index contributed by atoms with van der Waals surface area (Å²) < 4.78 is 37.5. The van der Waals surface area contributed by atoms with Crippen LogP contribution in [0.25, 0.3) is 0 Å². The first-order valence-electron chi connectivity index (χ1n) is 6.37. The van der Waals surface area contributed by atoms with Crippen molar-refractivity contribution in [1.82, 2.24) is 8.61 Å². The fraction of sp³-hybridized carbons (Fsp3) is 0.909. The smallest absolute Gasteiger partial charge is 0.310 e. The van der Waals surface area contributed by atoms with E-state index in [0.29, 0.717) is 32.8 Å². The number of carbonyl (C=O) groups is 1. The Morgan fingerprint density at radius 1 is 1.21 bits per heavy atom. The first-order valence-corrected chi connectivity index (χ1v) is 7.77. The zero-order valence-electron chi connectivity index (χ0n) is 11.2. The lowest BCUT2D eigenvalue weighted by Gasteiger charge is -2.30. The molecule has 0 radical (unpaired) electrons. The van der Waals surface area contributed by atoms with E-state index >= 15 is 0 Å². The number of esters is 1. The van der Waals surface area contributed by atoms with E-state index in [-0.39, 0.29) is 24.3 Å². The summed E-state index contributed by atoms with van der Waals surface area (Å²) in [7, 11) is -2.16. The van der Waals surface area contributed by atoms with E-state index in [1.807, 2.05) is 6.92 Å². The second-order valence-electron chi connectivity index (χ2n) is 4.94. The summed E-state index contributed by atoms with van der Waals surface area (Å²) in [6.07, 6.45) is 0. The molecule has 0 spiro atoms. The Balaban J connectivity index is 2.08. The summed E-state index contributed by atoms with van der Waals surface area (Å²) in [4.78, 5) is 11.6. The molecular weight excluding hydrogens is 272 g/mol. The molecule has 2 rings (SSSR count). The molecule has 2 heterocycles. The van der Waals surface area contributed by atoms with Crippen molar-refractivity contribution in [3.05, 3.63) is 0 Å². The maximum atomic E-state index is 12.4. The van der Waals surface area contributed by atoms with Crippen molar-refractivity contribution in [2.45, 2.75) is 6.92 Å². The molecule has 7 nitrogen and oxygen atoms in total. The normalized spacial score (nSPS) is 30.4. The Morgan fingerprint density at radius 3 is 2.42 bits per heavy atom. The first-order chi connectivity index (χ1) is 8.96. The van der Waals surface area contributed by atoms with Gasteiger partial charge in [-0.3, -0.25) is 4.79 Å². The van der Waals surface area contributed by atoms with Crippen LogP contribution in [-0.4, -0.2) is 69.5 Å². The average molecular weight is 292 g/mol. The van der Waals surface area contributed by atoms with Crippen LogP contribution in [0.1, 0.15) is 6.92 Å². The highest BCUT2D eigenvalue weighted by Gasteiger charge is 2.43. The minimum absolute atomic E-state index is 0.0248. The van der Waals surface area contributed by atoms with Gasteiger partial charge in [0.2, 0.25) is 0 Å². The number of carbonyl (C=O) groups excluding carboxylic acids is 1. The van der Waals surface area contributed by atoms with E-state index in [1.165, 1.54) is 15.7 Å². The van der Waals surface area contributed by atoms with Crippen molar-refractivity contribution in [1.29, 1.82) is 0 Å². The number of morpholine rings is 1. The van der Waals surface area contributed by atoms with Crippen molar-refractivity contribution in [3.8, 4) is 0 Å². The second kappa shape index (κ2) is 5.74. The van der Waals surface area contributed by atoms with Crippen LogP contribution < -0.4 is 0 Å². The molecule has 0 aromatic rings. The van der Waals surface area contributed by atoms with Crippen LogP contribution >= 0.6 is 0 Å². The third-order valence-electron chi connectivity index (χ3n) is 3.71. The standard InChI is InChI=1S/C11H20N2O5S/c1-9-7-13(8-10(9)11(14)17-2)19(15,16)12-3-5-18-6-4-12/h9-10H,3-8H2,1-2H3. The van der Waals surface area contributed by atoms with Gasteiger partial charge >= 0.3 is 5.97 Å². The fourth-order valence-electron chi connectivity index (χ4n) is 2.51. The van der Waals surface area contributed by atoms with Crippen molar-refractivity contribution in [2.75, 3.05) is 46.5 Å². The Labute approximate surface area is 113 Å². The Morgan fingerprint density at radius 2 is 1.84 bits per heavy atom. The highest BCUT2D eigenvalue weighted by molar-refractivity contribution is 7.86. The Bertz CT molecular complexity index is 432. The molecule has 2 fully saturated rings. The number of ether oxygens (including phenoxy) is 2. The van der Waals surface area contributed by atoms with Crippen LogP contribution in [0.2, 0.25) is 0 Å². The number of hydrogen-bond donors (Lipinski definition) is 0. The van der Waals surface area contributed by atoms with Crippen LogP contribution in [0.15, 0.2) is 0 Å². The zero-order chi connectivity index (χ0) is 14.0. The molecule has 19 heavy (non-hydrogen) atoms. The summed E-state index contributed by atoms with van der Waals surface area (Å²) in [5, 5.41) is 0. The molecule has 0 bridgehead atoms. The first kappa shape index (κ1) is 14.7. The predicted octanol–water partition coefficient (Wildman–Crippen LogP) is -0.696. The van der Waals surface area contributed by atoms with Gasteiger partial charge in [-0.05, 0) is 5.92 Å². The molecule has 2 saturated heterocycles. The molecule has 2 unspecified atom stereocenters. The second-order valence-corrected chi connectivity index (χ2v) is 6.87. The Kier molecular flexibility index (Phi) is 4.44. The van der Waals surface area contributed by atoms with E-state index in [9.17, 15) is 13.2 Å². The number of nitrogens with zero attached hydrogens (tertiary/aromatic N) is 2. The van der Waals surface area contributed by atoms with Gasteiger partial charge in [-0.15, -0.1) is 0 Å². The lowest BCUT2D eigenvalue weighted by Crippen LogP contribution is -2.48. The van der Waals surface area contributed by atoms with Gasteiger partial charge in [0, 0.05) is 26.2 Å². The number of rotatable bonds is 3. The lowest BCUT2D eigenvalue weighted by atomic mass is 9.99. The van der Waals surface area contributed by atoms with E-state index in [4.69, 9.17) is 9.47 Å². The van der Waals surface area contributed by atoms with E-state index in [1.54, 1.807) is 0 Å². The molecule has 110 valence electrons. The van der Waals surface area contributed by atoms with Crippen LogP contribution in [0, 0.1) is 11.8 Å². The summed E-state index contributed by atoms with van der Waals surface area (Å²) in [5.41, 5.74) is 0. The van der Waals surface area contributed by atoms with E-state index < -0.39 is 10.2 Å². The van der Waals surface area contributed by atoms with Crippen LogP contribution in [0.5, 0.6) is 0 Å². The zero-order valence-corrected chi connectivity index (χ0v) is 12.1. The van der Waals surface area contributed by atoms with Crippen molar-refractivity contribution >= 4 is 16.2 Å². The number of hydrogen-bond acceptors (Lipinski definition) is 5. The van der Waals surface area contributed by atoms with Crippen molar-refractivity contribution in [2.24, 2.45) is 11.8 Å². The maximum absolute atomic E-state index is 12.4. The van der Waals surface area contributed by atoms with Gasteiger partial charge in [0.05, 0.1) is 26.2 Å². The van der Waals surface area contributed by atoms with E-state index in [0.717, 1.165) is 0 Å². The molecule has 0 aromatic carbocycles. The molecule has 0 saturated carbocycles. The molecule has 0 aliphatic carbocycles. The molecule has 0 aromatic heterocycles. The van der Waals surface area contributed by atoms with Crippen molar-refractivity contribution in [3.63, 3.8) is 0 Å². The SMILES string of the molecule is COC(=O)C1CN(S(=O)(=O)N2CCOCC2)CC1C. The van der Waals surface area contributed by atoms with Gasteiger partial charge in [0.1, 0.15) is 0 Å². The highest BCUT2D eigenvalue weighted by Crippen LogP contribution is 2.27. The summed E-state index contributed by atoms with van der Waals surface area (Å²) in [6, 6.07) is 0. The van der Waals surface area contributed by atoms with Gasteiger partial charge in [0.25, 0.3) is 10.2 Å². The van der Waals surface area contributed by atoms with Gasteiger partial charge in [-0.1, -0.05) is 6.92 Å². The molecule has 2 atom stereocenters. The summed E-state index contributed by atoms with van der Waals surface area (Å²) >= 11 is 0. The van der Waals surface area contributed by atoms with Gasteiger partial charge < -0.3 is 9.47 Å². The topological polar surface area (TPSA) is 76.2 Å². The van der Waals surface area contributed by atoms with Crippen molar-refractivity contribution < 1.29 is 22.7 Å². The molecule has 2 aliphatic rings. The maximum Gasteiger partial charge on any atom is 0.310 e. The highest BCUT2D eigenvalue weighted by atomic mass is 32.2. The molecule has 0 N–H and O–H groups in total. The van der Waals surface area contributed by atoms with Gasteiger partial charge in [0.15, 0.2) is 0 Å². The third kappa shape index (κ3) is 2.91. The summed E-state index contributed by atoms with van der Waals surface area (Å²) in [5.74, 6) is -0.740. The van der Waals surface area contributed by atoms with Crippen LogP contribution in [0.4, 0.5) is 0 Å².